The number of nitrogens with one attached hydrogen (secondary N) is 2. The monoisotopic (exact) mass is 292 g/mol. The predicted molar refractivity (Wildman–Crippen MR) is 74.9 cm³/mol. The maximum atomic E-state index is 11.9. The molecule has 2 unspecified atom stereocenters. The molecule has 7 nitrogen and oxygen atoms in total. The number of rotatable bonds is 4. The molecule has 0 aliphatic carbocycles. The Morgan fingerprint density at radius 1 is 1.05 bits per heavy atom. The number of carbonyl (C=O) groups excluding carboxylic acids is 2. The Labute approximate surface area is 121 Å². The van der Waals surface area contributed by atoms with Gasteiger partial charge in [-0.2, -0.15) is 0 Å². The van der Waals surface area contributed by atoms with Gasteiger partial charge in [-0.1, -0.05) is 0 Å². The molecule has 0 saturated carbocycles. The Hall–Kier alpha value is -2.41. The molecule has 1 aliphatic heterocycles. The first-order chi connectivity index (χ1) is 9.95. The van der Waals surface area contributed by atoms with Gasteiger partial charge in [-0.25, -0.2) is 4.79 Å². The van der Waals surface area contributed by atoms with Crippen molar-refractivity contribution in [1.82, 2.24) is 0 Å². The van der Waals surface area contributed by atoms with Gasteiger partial charge in [-0.05, 0) is 37.1 Å². The zero-order chi connectivity index (χ0) is 15.4. The van der Waals surface area contributed by atoms with E-state index in [1.807, 2.05) is 0 Å². The minimum atomic E-state index is -1.05. The molecule has 0 aromatic heterocycles. The minimum Gasteiger partial charge on any atom is -0.479 e. The summed E-state index contributed by atoms with van der Waals surface area (Å²) in [6.45, 7) is 1.41. The van der Waals surface area contributed by atoms with Crippen molar-refractivity contribution >= 4 is 29.2 Å². The lowest BCUT2D eigenvalue weighted by atomic mass is 10.2. The van der Waals surface area contributed by atoms with E-state index in [0.29, 0.717) is 24.2 Å². The van der Waals surface area contributed by atoms with Crippen LogP contribution >= 0.6 is 0 Å². The summed E-state index contributed by atoms with van der Waals surface area (Å²) in [5.41, 5.74) is 1.18. The Bertz CT molecular complexity index is 555. The Kier molecular flexibility index (Phi) is 4.54. The molecule has 1 aromatic rings. The number of aliphatic carboxylic acids is 1. The number of benzene rings is 1. The molecule has 0 bridgehead atoms. The van der Waals surface area contributed by atoms with E-state index in [1.165, 1.54) is 6.92 Å². The summed E-state index contributed by atoms with van der Waals surface area (Å²) in [5, 5.41) is 14.1. The molecule has 2 rings (SSSR count). The van der Waals surface area contributed by atoms with Gasteiger partial charge < -0.3 is 20.5 Å². The summed E-state index contributed by atoms with van der Waals surface area (Å²) < 4.78 is 5.16. The van der Waals surface area contributed by atoms with Crippen LogP contribution < -0.4 is 10.6 Å². The van der Waals surface area contributed by atoms with E-state index in [9.17, 15) is 14.4 Å². The molecule has 1 fully saturated rings. The van der Waals surface area contributed by atoms with Crippen molar-refractivity contribution < 1.29 is 24.2 Å². The third-order valence-electron chi connectivity index (χ3n) is 3.06. The highest BCUT2D eigenvalue weighted by molar-refractivity contribution is 5.95. The largest absolute Gasteiger partial charge is 0.479 e. The molecule has 0 spiro atoms. The van der Waals surface area contributed by atoms with Crippen molar-refractivity contribution in [2.75, 3.05) is 10.6 Å². The summed E-state index contributed by atoms with van der Waals surface area (Å²) in [4.78, 5) is 33.6. The Morgan fingerprint density at radius 3 is 2.05 bits per heavy atom. The Morgan fingerprint density at radius 2 is 1.57 bits per heavy atom. The van der Waals surface area contributed by atoms with E-state index in [4.69, 9.17) is 9.84 Å². The quantitative estimate of drug-likeness (QED) is 0.773. The molecular formula is C14H16N2O5. The summed E-state index contributed by atoms with van der Waals surface area (Å²) in [6, 6.07) is 6.61. The molecule has 1 saturated heterocycles. The van der Waals surface area contributed by atoms with Gasteiger partial charge in [0.1, 0.15) is 6.10 Å². The molecule has 21 heavy (non-hydrogen) atoms. The van der Waals surface area contributed by atoms with Crippen LogP contribution in [0.1, 0.15) is 19.8 Å². The molecule has 2 atom stereocenters. The van der Waals surface area contributed by atoms with E-state index in [1.54, 1.807) is 24.3 Å². The highest BCUT2D eigenvalue weighted by atomic mass is 16.5. The maximum Gasteiger partial charge on any atom is 0.332 e. The van der Waals surface area contributed by atoms with Gasteiger partial charge in [0.25, 0.3) is 5.91 Å². The fraction of sp³-hybridized carbons (Fsp3) is 0.357. The second-order valence-electron chi connectivity index (χ2n) is 4.78. The SMILES string of the molecule is CC(=O)Nc1ccc(NC(=O)C2CCC(C(=O)O)O2)cc1. The van der Waals surface area contributed by atoms with Crippen LogP contribution in [0.3, 0.4) is 0 Å². The number of hydrogen-bond acceptors (Lipinski definition) is 4. The van der Waals surface area contributed by atoms with Crippen molar-refractivity contribution in [3.8, 4) is 0 Å². The number of carboxylic acid groups (broad SMARTS) is 1. The highest BCUT2D eigenvalue weighted by Gasteiger charge is 2.34. The van der Waals surface area contributed by atoms with Gasteiger partial charge in [-0.15, -0.1) is 0 Å². The number of amides is 2. The van der Waals surface area contributed by atoms with Crippen LogP contribution in [0.5, 0.6) is 0 Å². The minimum absolute atomic E-state index is 0.175. The third-order valence-corrected chi connectivity index (χ3v) is 3.06. The summed E-state index contributed by atoms with van der Waals surface area (Å²) in [7, 11) is 0. The van der Waals surface area contributed by atoms with Crippen molar-refractivity contribution in [3.05, 3.63) is 24.3 Å². The Balaban J connectivity index is 1.91. The fourth-order valence-electron chi connectivity index (χ4n) is 2.07. The van der Waals surface area contributed by atoms with Gasteiger partial charge >= 0.3 is 5.97 Å². The number of ether oxygens (including phenoxy) is 1. The second-order valence-corrected chi connectivity index (χ2v) is 4.78. The normalized spacial score (nSPS) is 20.8. The number of carboxylic acids is 1. The molecule has 3 N–H and O–H groups in total. The van der Waals surface area contributed by atoms with Crippen LogP contribution in [0.4, 0.5) is 11.4 Å². The summed E-state index contributed by atoms with van der Waals surface area (Å²) in [6.07, 6.45) is -0.953. The van der Waals surface area contributed by atoms with E-state index in [0.717, 1.165) is 0 Å². The van der Waals surface area contributed by atoms with E-state index >= 15 is 0 Å². The molecule has 1 aliphatic rings. The molecule has 112 valence electrons. The average molecular weight is 292 g/mol. The van der Waals surface area contributed by atoms with Crippen molar-refractivity contribution in [2.24, 2.45) is 0 Å². The zero-order valence-corrected chi connectivity index (χ0v) is 11.5. The summed E-state index contributed by atoms with van der Waals surface area (Å²) >= 11 is 0. The van der Waals surface area contributed by atoms with Crippen LogP contribution in [0.2, 0.25) is 0 Å². The van der Waals surface area contributed by atoms with Gasteiger partial charge in [-0.3, -0.25) is 9.59 Å². The smallest absolute Gasteiger partial charge is 0.332 e. The van der Waals surface area contributed by atoms with Gasteiger partial charge in [0.05, 0.1) is 0 Å². The third kappa shape index (κ3) is 4.03. The van der Waals surface area contributed by atoms with E-state index < -0.39 is 18.2 Å². The van der Waals surface area contributed by atoms with E-state index in [2.05, 4.69) is 10.6 Å². The van der Waals surface area contributed by atoms with E-state index in [-0.39, 0.29) is 11.8 Å². The number of anilines is 2. The van der Waals surface area contributed by atoms with Crippen molar-refractivity contribution in [2.45, 2.75) is 32.0 Å². The first-order valence-electron chi connectivity index (χ1n) is 6.52. The van der Waals surface area contributed by atoms with Gasteiger partial charge in [0.15, 0.2) is 6.10 Å². The topological polar surface area (TPSA) is 105 Å². The zero-order valence-electron chi connectivity index (χ0n) is 11.5. The standard InChI is InChI=1S/C14H16N2O5/c1-8(17)15-9-2-4-10(5-3-9)16-13(18)11-6-7-12(21-11)14(19)20/h2-5,11-12H,6-7H2,1H3,(H,15,17)(H,16,18)(H,19,20). The van der Waals surface area contributed by atoms with Crippen LogP contribution in [0, 0.1) is 0 Å². The van der Waals surface area contributed by atoms with Gasteiger partial charge in [0.2, 0.25) is 5.91 Å². The molecule has 0 radical (unpaired) electrons. The fourth-order valence-corrected chi connectivity index (χ4v) is 2.07. The predicted octanol–water partition coefficient (Wildman–Crippen LogP) is 1.22. The lowest BCUT2D eigenvalue weighted by Gasteiger charge is -2.12. The number of carbonyl (C=O) groups is 3. The van der Waals surface area contributed by atoms with Crippen LogP contribution in [0.25, 0.3) is 0 Å². The van der Waals surface area contributed by atoms with Crippen LogP contribution in [-0.2, 0) is 19.1 Å². The molecule has 7 heteroatoms. The average Bonchev–Trinajstić information content (AvgIpc) is 2.90. The molecule has 1 heterocycles. The highest BCUT2D eigenvalue weighted by Crippen LogP contribution is 2.22. The first kappa shape index (κ1) is 15.0. The van der Waals surface area contributed by atoms with Crippen LogP contribution in [-0.4, -0.2) is 35.1 Å². The van der Waals surface area contributed by atoms with Crippen LogP contribution in [0.15, 0.2) is 24.3 Å². The lowest BCUT2D eigenvalue weighted by Crippen LogP contribution is -2.29. The maximum absolute atomic E-state index is 11.9. The van der Waals surface area contributed by atoms with Gasteiger partial charge in [0, 0.05) is 18.3 Å². The molecular weight excluding hydrogens is 276 g/mol. The summed E-state index contributed by atoms with van der Waals surface area (Å²) in [5.74, 6) is -1.60. The molecule has 2 amide bonds. The van der Waals surface area contributed by atoms with Crippen molar-refractivity contribution in [3.63, 3.8) is 0 Å². The number of hydrogen-bond donors (Lipinski definition) is 3. The van der Waals surface area contributed by atoms with Crippen molar-refractivity contribution in [1.29, 1.82) is 0 Å². The lowest BCUT2D eigenvalue weighted by molar-refractivity contribution is -0.150. The first-order valence-corrected chi connectivity index (χ1v) is 6.52. The molecule has 1 aromatic carbocycles. The second kappa shape index (κ2) is 6.36.